The van der Waals surface area contributed by atoms with Crippen molar-refractivity contribution in [2.45, 2.75) is 27.3 Å². The van der Waals surface area contributed by atoms with Gasteiger partial charge in [-0.15, -0.1) is 0 Å². The molecule has 7 heteroatoms. The first-order chi connectivity index (χ1) is 15.4. The van der Waals surface area contributed by atoms with Crippen molar-refractivity contribution in [2.24, 2.45) is 9.98 Å². The molecule has 2 heterocycles. The fourth-order valence-electron chi connectivity index (χ4n) is 4.27. The van der Waals surface area contributed by atoms with Gasteiger partial charge in [0.05, 0.1) is 0 Å². The molecule has 2 aliphatic rings. The second kappa shape index (κ2) is 11.1. The van der Waals surface area contributed by atoms with Gasteiger partial charge in [0.15, 0.2) is 0 Å². The summed E-state index contributed by atoms with van der Waals surface area (Å²) in [5, 5.41) is 0. The van der Waals surface area contributed by atoms with Crippen LogP contribution in [0.5, 0.6) is 0 Å². The minimum absolute atomic E-state index is 0.120. The monoisotopic (exact) mass is 436 g/mol. The van der Waals surface area contributed by atoms with Crippen LogP contribution < -0.4 is 0 Å². The number of aliphatic imine (C=N–C) groups is 2. The maximum absolute atomic E-state index is 13.3. The molecule has 1 amide bonds. The van der Waals surface area contributed by atoms with Gasteiger partial charge in [-0.1, -0.05) is 25.3 Å². The number of carbonyl (C=O) groups excluding carboxylic acids is 1. The number of hydrogen-bond donors (Lipinski definition) is 0. The number of nitrogens with zero attached hydrogens (tertiary/aromatic N) is 6. The summed E-state index contributed by atoms with van der Waals surface area (Å²) in [7, 11) is 0. The predicted octanol–water partition coefficient (Wildman–Crippen LogP) is 2.99. The van der Waals surface area contributed by atoms with E-state index in [-0.39, 0.29) is 5.91 Å². The molecule has 2 aliphatic heterocycles. The molecule has 0 radical (unpaired) electrons. The van der Waals surface area contributed by atoms with Gasteiger partial charge in [-0.05, 0) is 38.0 Å². The summed E-state index contributed by atoms with van der Waals surface area (Å²) in [5.74, 6) is 1.91. The molecule has 1 aromatic rings. The third kappa shape index (κ3) is 5.85. The van der Waals surface area contributed by atoms with Crippen molar-refractivity contribution in [2.75, 3.05) is 52.4 Å². The zero-order valence-corrected chi connectivity index (χ0v) is 19.8. The molecule has 1 aromatic carbocycles. The highest BCUT2D eigenvalue weighted by Crippen LogP contribution is 2.18. The number of hydrogen-bond acceptors (Lipinski definition) is 5. The third-order valence-corrected chi connectivity index (χ3v) is 6.26. The Kier molecular flexibility index (Phi) is 8.22. The standard InChI is InChI=1S/C25H36N6O/c1-6-26-21(4)29-12-10-28(11-13-29)19-23-9-8-20(3)24(18-23)25(32)31-16-14-30(15-17-31)22(5)27-7-2/h6-9,18H,1,5,10-17,19H2,2-4H3/b26-21+,27-7-. The van der Waals surface area contributed by atoms with Gasteiger partial charge in [0.25, 0.3) is 5.91 Å². The lowest BCUT2D eigenvalue weighted by Crippen LogP contribution is -2.48. The lowest BCUT2D eigenvalue weighted by atomic mass is 10.0. The van der Waals surface area contributed by atoms with E-state index in [2.05, 4.69) is 56.0 Å². The molecule has 0 unspecified atom stereocenters. The lowest BCUT2D eigenvalue weighted by Gasteiger charge is -2.36. The van der Waals surface area contributed by atoms with Crippen molar-refractivity contribution in [3.63, 3.8) is 0 Å². The van der Waals surface area contributed by atoms with Crippen molar-refractivity contribution in [3.8, 4) is 0 Å². The molecular formula is C25H36N6O. The van der Waals surface area contributed by atoms with Crippen LogP contribution in [0.3, 0.4) is 0 Å². The van der Waals surface area contributed by atoms with Crippen molar-refractivity contribution >= 4 is 18.0 Å². The number of amides is 1. The van der Waals surface area contributed by atoms with Gasteiger partial charge in [-0.3, -0.25) is 9.69 Å². The second-order valence-electron chi connectivity index (χ2n) is 8.35. The molecule has 0 atom stereocenters. The molecule has 172 valence electrons. The van der Waals surface area contributed by atoms with E-state index in [9.17, 15) is 4.79 Å². The minimum Gasteiger partial charge on any atom is -0.358 e. The Labute approximate surface area is 192 Å². The van der Waals surface area contributed by atoms with Crippen LogP contribution in [-0.2, 0) is 6.54 Å². The zero-order chi connectivity index (χ0) is 23.1. The minimum atomic E-state index is 0.120. The summed E-state index contributed by atoms with van der Waals surface area (Å²) >= 11 is 0. The fourth-order valence-corrected chi connectivity index (χ4v) is 4.27. The van der Waals surface area contributed by atoms with Crippen LogP contribution in [-0.4, -0.2) is 89.9 Å². The van der Waals surface area contributed by atoms with E-state index in [1.807, 2.05) is 25.7 Å². The molecule has 0 saturated carbocycles. The predicted molar refractivity (Wildman–Crippen MR) is 132 cm³/mol. The largest absolute Gasteiger partial charge is 0.358 e. The molecule has 0 N–H and O–H groups in total. The lowest BCUT2D eigenvalue weighted by molar-refractivity contribution is 0.0668. The highest BCUT2D eigenvalue weighted by molar-refractivity contribution is 5.96. The van der Waals surface area contributed by atoms with Gasteiger partial charge >= 0.3 is 0 Å². The van der Waals surface area contributed by atoms with E-state index >= 15 is 0 Å². The van der Waals surface area contributed by atoms with Crippen LogP contribution in [0.1, 0.15) is 35.3 Å². The summed E-state index contributed by atoms with van der Waals surface area (Å²) in [5.41, 5.74) is 3.03. The number of rotatable bonds is 6. The van der Waals surface area contributed by atoms with E-state index in [0.29, 0.717) is 13.1 Å². The molecule has 32 heavy (non-hydrogen) atoms. The van der Waals surface area contributed by atoms with Crippen molar-refractivity contribution < 1.29 is 4.79 Å². The van der Waals surface area contributed by atoms with E-state index in [4.69, 9.17) is 0 Å². The van der Waals surface area contributed by atoms with E-state index in [1.165, 1.54) is 5.56 Å². The Morgan fingerprint density at radius 1 is 1.03 bits per heavy atom. The van der Waals surface area contributed by atoms with Gasteiger partial charge in [0, 0.05) is 76.9 Å². The molecule has 0 aromatic heterocycles. The summed E-state index contributed by atoms with van der Waals surface area (Å²) < 4.78 is 0. The third-order valence-electron chi connectivity index (χ3n) is 6.26. The molecule has 2 fully saturated rings. The molecule has 0 bridgehead atoms. The van der Waals surface area contributed by atoms with E-state index in [1.54, 1.807) is 12.4 Å². The topological polar surface area (TPSA) is 54.8 Å². The van der Waals surface area contributed by atoms with Crippen LogP contribution in [0.25, 0.3) is 0 Å². The molecule has 3 rings (SSSR count). The Hall–Kier alpha value is -2.93. The maximum Gasteiger partial charge on any atom is 0.254 e. The highest BCUT2D eigenvalue weighted by Gasteiger charge is 2.24. The van der Waals surface area contributed by atoms with Gasteiger partial charge in [-0.2, -0.15) is 0 Å². The van der Waals surface area contributed by atoms with Gasteiger partial charge < -0.3 is 14.7 Å². The van der Waals surface area contributed by atoms with Crippen LogP contribution in [0, 0.1) is 6.92 Å². The first kappa shape index (κ1) is 23.7. The van der Waals surface area contributed by atoms with E-state index in [0.717, 1.165) is 68.6 Å². The normalized spacial score (nSPS) is 18.3. The first-order valence-corrected chi connectivity index (χ1v) is 11.4. The Morgan fingerprint density at radius 3 is 2.28 bits per heavy atom. The summed E-state index contributed by atoms with van der Waals surface area (Å²) in [4.78, 5) is 30.6. The Morgan fingerprint density at radius 2 is 1.66 bits per heavy atom. The van der Waals surface area contributed by atoms with Crippen LogP contribution in [0.4, 0.5) is 0 Å². The molecule has 0 spiro atoms. The van der Waals surface area contributed by atoms with E-state index < -0.39 is 0 Å². The maximum atomic E-state index is 13.3. The highest BCUT2D eigenvalue weighted by atomic mass is 16.2. The first-order valence-electron chi connectivity index (χ1n) is 11.4. The van der Waals surface area contributed by atoms with Gasteiger partial charge in [0.1, 0.15) is 11.7 Å². The molecule has 2 saturated heterocycles. The Bertz CT molecular complexity index is 890. The van der Waals surface area contributed by atoms with Crippen molar-refractivity contribution in [1.82, 2.24) is 19.6 Å². The van der Waals surface area contributed by atoms with Crippen LogP contribution in [0.15, 0.2) is 53.4 Å². The van der Waals surface area contributed by atoms with Crippen molar-refractivity contribution in [1.29, 1.82) is 0 Å². The van der Waals surface area contributed by atoms with Crippen LogP contribution in [0.2, 0.25) is 0 Å². The molecule has 0 aliphatic carbocycles. The smallest absolute Gasteiger partial charge is 0.254 e. The molecule has 7 nitrogen and oxygen atoms in total. The van der Waals surface area contributed by atoms with Crippen molar-refractivity contribution in [3.05, 3.63) is 60.1 Å². The quantitative estimate of drug-likeness (QED) is 0.508. The summed E-state index contributed by atoms with van der Waals surface area (Å²) in [6.45, 7) is 21.3. The van der Waals surface area contributed by atoms with Gasteiger partial charge in [-0.25, -0.2) is 9.98 Å². The number of benzene rings is 1. The zero-order valence-electron chi connectivity index (χ0n) is 19.8. The number of aryl methyl sites for hydroxylation is 1. The average Bonchev–Trinajstić information content (AvgIpc) is 2.81. The summed E-state index contributed by atoms with van der Waals surface area (Å²) in [6, 6.07) is 6.31. The number of carbonyl (C=O) groups is 1. The SMILES string of the molecule is C=C/N=C(\C)N1CCN(Cc2ccc(C)c(C(=O)N3CCN(C(=C)/N=C\C)CC3)c2)CC1. The van der Waals surface area contributed by atoms with Crippen LogP contribution >= 0.6 is 0 Å². The Balaban J connectivity index is 1.59. The molecular weight excluding hydrogens is 400 g/mol. The average molecular weight is 437 g/mol. The summed E-state index contributed by atoms with van der Waals surface area (Å²) in [6.07, 6.45) is 3.35. The second-order valence-corrected chi connectivity index (χ2v) is 8.35. The number of amidine groups is 1. The fraction of sp³-hybridized carbons (Fsp3) is 0.480. The number of piperazine rings is 2. The van der Waals surface area contributed by atoms with Gasteiger partial charge in [0.2, 0.25) is 0 Å².